The van der Waals surface area contributed by atoms with E-state index in [0.717, 1.165) is 23.6 Å². The molecule has 22 heavy (non-hydrogen) atoms. The number of fused-ring (bicyclic) bond motifs is 1. The van der Waals surface area contributed by atoms with Crippen molar-refractivity contribution in [1.29, 1.82) is 0 Å². The highest BCUT2D eigenvalue weighted by atomic mass is 16.5. The van der Waals surface area contributed by atoms with Crippen LogP contribution in [0.5, 0.6) is 0 Å². The zero-order chi connectivity index (χ0) is 15.5. The van der Waals surface area contributed by atoms with E-state index in [-0.39, 0.29) is 18.6 Å². The first-order valence-corrected chi connectivity index (χ1v) is 7.38. The van der Waals surface area contributed by atoms with Gasteiger partial charge in [-0.15, -0.1) is 0 Å². The molecule has 1 aliphatic heterocycles. The second-order valence-electron chi connectivity index (χ2n) is 5.45. The van der Waals surface area contributed by atoms with E-state index < -0.39 is 6.03 Å². The van der Waals surface area contributed by atoms with Crippen LogP contribution in [-0.2, 0) is 4.74 Å². The van der Waals surface area contributed by atoms with Gasteiger partial charge >= 0.3 is 12.0 Å². The molecule has 0 bridgehead atoms. The lowest BCUT2D eigenvalue weighted by Gasteiger charge is -2.22. The monoisotopic (exact) mass is 298 g/mol. The second-order valence-corrected chi connectivity index (χ2v) is 5.45. The molecule has 0 aliphatic carbocycles. The summed E-state index contributed by atoms with van der Waals surface area (Å²) in [5.74, 6) is -0.367. The van der Waals surface area contributed by atoms with E-state index >= 15 is 0 Å². The summed E-state index contributed by atoms with van der Waals surface area (Å²) in [6, 6.07) is 12.7. The van der Waals surface area contributed by atoms with Gasteiger partial charge in [0.05, 0.1) is 11.6 Å². The van der Waals surface area contributed by atoms with Crippen LogP contribution in [-0.4, -0.2) is 36.1 Å². The number of esters is 1. The number of carbonyl (C=O) groups excluding carboxylic acids is 2. The predicted octanol–water partition coefficient (Wildman–Crippen LogP) is 2.54. The van der Waals surface area contributed by atoms with Gasteiger partial charge in [-0.2, -0.15) is 0 Å². The van der Waals surface area contributed by atoms with Crippen molar-refractivity contribution >= 4 is 22.8 Å². The molecule has 5 heteroatoms. The van der Waals surface area contributed by atoms with Crippen LogP contribution >= 0.6 is 0 Å². The van der Waals surface area contributed by atoms with Crippen LogP contribution in [0, 0.1) is 0 Å². The van der Waals surface area contributed by atoms with Gasteiger partial charge in [0, 0.05) is 6.54 Å². The van der Waals surface area contributed by atoms with Gasteiger partial charge in [0.1, 0.15) is 6.61 Å². The van der Waals surface area contributed by atoms with E-state index in [9.17, 15) is 9.59 Å². The largest absolute Gasteiger partial charge is 0.460 e. The van der Waals surface area contributed by atoms with Gasteiger partial charge in [-0.3, -0.25) is 0 Å². The summed E-state index contributed by atoms with van der Waals surface area (Å²) in [6.45, 7) is 0.816. The fourth-order valence-corrected chi connectivity index (χ4v) is 2.95. The van der Waals surface area contributed by atoms with E-state index in [4.69, 9.17) is 10.5 Å². The normalized spacial score (nSPS) is 17.6. The number of amides is 2. The summed E-state index contributed by atoms with van der Waals surface area (Å²) < 4.78 is 5.41. The topological polar surface area (TPSA) is 72.6 Å². The number of carbonyl (C=O) groups is 2. The minimum absolute atomic E-state index is 0.114. The van der Waals surface area contributed by atoms with Gasteiger partial charge in [-0.05, 0) is 29.7 Å². The van der Waals surface area contributed by atoms with Crippen molar-refractivity contribution in [3.63, 3.8) is 0 Å². The van der Waals surface area contributed by atoms with Crippen molar-refractivity contribution in [2.45, 2.75) is 18.9 Å². The fraction of sp³-hybridized carbons (Fsp3) is 0.294. The molecule has 2 aromatic rings. The Hall–Kier alpha value is -2.56. The van der Waals surface area contributed by atoms with Crippen LogP contribution in [0.15, 0.2) is 42.5 Å². The second kappa shape index (κ2) is 6.05. The molecule has 0 spiro atoms. The lowest BCUT2D eigenvalue weighted by atomic mass is 10.0. The van der Waals surface area contributed by atoms with Crippen molar-refractivity contribution in [3.05, 3.63) is 48.0 Å². The summed E-state index contributed by atoms with van der Waals surface area (Å²) in [5.41, 5.74) is 5.87. The van der Waals surface area contributed by atoms with Crippen LogP contribution in [0.2, 0.25) is 0 Å². The molecular weight excluding hydrogens is 280 g/mol. The average Bonchev–Trinajstić information content (AvgIpc) is 3.01. The highest BCUT2D eigenvalue weighted by molar-refractivity contribution is 6.04. The standard InChI is InChI=1S/C17H18N2O3/c18-17(21)19-10-4-7-13(19)11-22-16(20)15-9-3-6-12-5-1-2-8-14(12)15/h1-3,5-6,8-9,13H,4,7,10-11H2,(H2,18,21). The molecule has 3 rings (SSSR count). The maximum atomic E-state index is 12.3. The van der Waals surface area contributed by atoms with E-state index in [1.807, 2.05) is 36.4 Å². The van der Waals surface area contributed by atoms with Gasteiger partial charge < -0.3 is 15.4 Å². The Balaban J connectivity index is 1.73. The molecule has 5 nitrogen and oxygen atoms in total. The quantitative estimate of drug-likeness (QED) is 0.885. The molecule has 1 aliphatic rings. The van der Waals surface area contributed by atoms with Crippen LogP contribution < -0.4 is 5.73 Å². The van der Waals surface area contributed by atoms with Gasteiger partial charge in [-0.25, -0.2) is 9.59 Å². The number of hydrogen-bond donors (Lipinski definition) is 1. The fourth-order valence-electron chi connectivity index (χ4n) is 2.95. The Morgan fingerprint density at radius 3 is 2.77 bits per heavy atom. The van der Waals surface area contributed by atoms with Crippen molar-refractivity contribution in [2.75, 3.05) is 13.2 Å². The summed E-state index contributed by atoms with van der Waals surface area (Å²) in [5, 5.41) is 1.87. The molecule has 1 atom stereocenters. The zero-order valence-electron chi connectivity index (χ0n) is 12.2. The third-order valence-corrected chi connectivity index (χ3v) is 4.08. The van der Waals surface area contributed by atoms with E-state index in [2.05, 4.69) is 0 Å². The molecule has 0 radical (unpaired) electrons. The van der Waals surface area contributed by atoms with Crippen molar-refractivity contribution in [1.82, 2.24) is 4.90 Å². The number of hydrogen-bond acceptors (Lipinski definition) is 3. The summed E-state index contributed by atoms with van der Waals surface area (Å²) >= 11 is 0. The van der Waals surface area contributed by atoms with E-state index in [1.54, 1.807) is 11.0 Å². The van der Waals surface area contributed by atoms with Crippen LogP contribution in [0.4, 0.5) is 4.79 Å². The highest BCUT2D eigenvalue weighted by Gasteiger charge is 2.28. The van der Waals surface area contributed by atoms with Crippen LogP contribution in [0.1, 0.15) is 23.2 Å². The Labute approximate surface area is 128 Å². The first-order valence-electron chi connectivity index (χ1n) is 7.38. The van der Waals surface area contributed by atoms with Crippen LogP contribution in [0.3, 0.4) is 0 Å². The number of nitrogens with two attached hydrogens (primary N) is 1. The number of benzene rings is 2. The zero-order valence-corrected chi connectivity index (χ0v) is 12.2. The molecule has 2 amide bonds. The number of nitrogens with zero attached hydrogens (tertiary/aromatic N) is 1. The van der Waals surface area contributed by atoms with Crippen molar-refractivity contribution in [2.24, 2.45) is 5.73 Å². The predicted molar refractivity (Wildman–Crippen MR) is 83.5 cm³/mol. The molecular formula is C17H18N2O3. The molecule has 1 fully saturated rings. The first kappa shape index (κ1) is 14.4. The molecule has 1 heterocycles. The molecule has 0 saturated carbocycles. The number of ether oxygens (including phenoxy) is 1. The maximum absolute atomic E-state index is 12.3. The average molecular weight is 298 g/mol. The summed E-state index contributed by atoms with van der Waals surface area (Å²) in [7, 11) is 0. The third kappa shape index (κ3) is 2.74. The Morgan fingerprint density at radius 1 is 1.18 bits per heavy atom. The molecule has 114 valence electrons. The van der Waals surface area contributed by atoms with Gasteiger partial charge in [0.2, 0.25) is 0 Å². The van der Waals surface area contributed by atoms with Gasteiger partial charge in [0.15, 0.2) is 0 Å². The minimum Gasteiger partial charge on any atom is -0.460 e. The highest BCUT2D eigenvalue weighted by Crippen LogP contribution is 2.21. The summed E-state index contributed by atoms with van der Waals surface area (Å²) in [4.78, 5) is 25.2. The van der Waals surface area contributed by atoms with Crippen molar-refractivity contribution < 1.29 is 14.3 Å². The van der Waals surface area contributed by atoms with Gasteiger partial charge in [0.25, 0.3) is 0 Å². The number of urea groups is 1. The lowest BCUT2D eigenvalue weighted by Crippen LogP contribution is -2.41. The maximum Gasteiger partial charge on any atom is 0.338 e. The lowest BCUT2D eigenvalue weighted by molar-refractivity contribution is 0.0424. The number of likely N-dealkylation sites (tertiary alicyclic amines) is 1. The third-order valence-electron chi connectivity index (χ3n) is 4.08. The molecule has 0 aromatic heterocycles. The van der Waals surface area contributed by atoms with Crippen LogP contribution in [0.25, 0.3) is 10.8 Å². The van der Waals surface area contributed by atoms with E-state index in [0.29, 0.717) is 12.1 Å². The molecule has 1 saturated heterocycles. The number of primary amides is 1. The molecule has 1 unspecified atom stereocenters. The Kier molecular flexibility index (Phi) is 3.96. The molecule has 2 N–H and O–H groups in total. The van der Waals surface area contributed by atoms with Crippen molar-refractivity contribution in [3.8, 4) is 0 Å². The minimum atomic E-state index is -0.455. The Bertz CT molecular complexity index is 709. The Morgan fingerprint density at radius 2 is 1.95 bits per heavy atom. The summed E-state index contributed by atoms with van der Waals surface area (Å²) in [6.07, 6.45) is 1.70. The SMILES string of the molecule is NC(=O)N1CCCC1COC(=O)c1cccc2ccccc12. The molecule has 2 aromatic carbocycles. The van der Waals surface area contributed by atoms with Gasteiger partial charge in [-0.1, -0.05) is 36.4 Å². The number of rotatable bonds is 3. The smallest absolute Gasteiger partial charge is 0.338 e. The first-order chi connectivity index (χ1) is 10.7. The van der Waals surface area contributed by atoms with E-state index in [1.165, 1.54) is 0 Å².